The SMILES string of the molecule is COc1cc(/C=C\c2nc(O)c([N+](=O)[O-])c(=O)[nH]2)cc(Br)c1OCc1ccccn1. The fraction of sp³-hybridized carbons (Fsp3) is 0.105. The second-order valence-electron chi connectivity index (χ2n) is 5.86. The molecule has 0 radical (unpaired) electrons. The lowest BCUT2D eigenvalue weighted by Crippen LogP contribution is -2.14. The lowest BCUT2D eigenvalue weighted by Gasteiger charge is -2.13. The molecule has 3 rings (SSSR count). The number of pyridine rings is 1. The number of hydrogen-bond donors (Lipinski definition) is 2. The lowest BCUT2D eigenvalue weighted by molar-refractivity contribution is -0.387. The molecule has 0 aliphatic rings. The summed E-state index contributed by atoms with van der Waals surface area (Å²) in [5, 5.41) is 20.3. The average molecular weight is 475 g/mol. The number of aromatic nitrogens is 3. The normalized spacial score (nSPS) is 10.9. The van der Waals surface area contributed by atoms with Gasteiger partial charge in [-0.1, -0.05) is 12.1 Å². The van der Waals surface area contributed by atoms with Crippen LogP contribution in [0.5, 0.6) is 17.4 Å². The van der Waals surface area contributed by atoms with Gasteiger partial charge >= 0.3 is 11.2 Å². The van der Waals surface area contributed by atoms with E-state index < -0.39 is 22.0 Å². The summed E-state index contributed by atoms with van der Waals surface area (Å²) < 4.78 is 11.8. The minimum Gasteiger partial charge on any atom is -0.493 e. The average Bonchev–Trinajstić information content (AvgIpc) is 2.71. The van der Waals surface area contributed by atoms with Crippen LogP contribution in [0, 0.1) is 10.1 Å². The molecule has 11 heteroatoms. The highest BCUT2D eigenvalue weighted by Gasteiger charge is 2.21. The minimum atomic E-state index is -1.05. The third-order valence-electron chi connectivity index (χ3n) is 3.85. The minimum absolute atomic E-state index is 0.0475. The molecule has 3 aromatic rings. The second kappa shape index (κ2) is 9.18. The van der Waals surface area contributed by atoms with Crippen molar-refractivity contribution in [3.63, 3.8) is 0 Å². The molecule has 2 heterocycles. The quantitative estimate of drug-likeness (QED) is 0.392. The van der Waals surface area contributed by atoms with E-state index in [2.05, 4.69) is 30.9 Å². The third kappa shape index (κ3) is 4.81. The number of halogens is 1. The Bertz CT molecular complexity index is 1160. The first kappa shape index (κ1) is 21.0. The first-order valence-electron chi connectivity index (χ1n) is 8.45. The number of H-pyrrole nitrogens is 1. The molecule has 2 N–H and O–H groups in total. The number of ether oxygens (including phenoxy) is 2. The Labute approximate surface area is 178 Å². The van der Waals surface area contributed by atoms with Crippen LogP contribution in [0.4, 0.5) is 5.69 Å². The number of benzene rings is 1. The molecule has 10 nitrogen and oxygen atoms in total. The highest BCUT2D eigenvalue weighted by Crippen LogP contribution is 2.37. The van der Waals surface area contributed by atoms with Crippen LogP contribution in [0.25, 0.3) is 12.2 Å². The Morgan fingerprint density at radius 2 is 2.13 bits per heavy atom. The molecule has 0 aliphatic carbocycles. The van der Waals surface area contributed by atoms with Gasteiger partial charge < -0.3 is 19.6 Å². The van der Waals surface area contributed by atoms with Crippen molar-refractivity contribution in [3.05, 3.63) is 78.6 Å². The van der Waals surface area contributed by atoms with E-state index in [0.29, 0.717) is 21.5 Å². The zero-order chi connectivity index (χ0) is 21.7. The van der Waals surface area contributed by atoms with E-state index in [4.69, 9.17) is 9.47 Å². The molecule has 30 heavy (non-hydrogen) atoms. The molecule has 1 aromatic carbocycles. The highest BCUT2D eigenvalue weighted by molar-refractivity contribution is 9.10. The summed E-state index contributed by atoms with van der Waals surface area (Å²) in [4.78, 5) is 31.5. The maximum absolute atomic E-state index is 11.7. The molecule has 0 fully saturated rings. The third-order valence-corrected chi connectivity index (χ3v) is 4.44. The number of nitrogens with one attached hydrogen (secondary N) is 1. The predicted octanol–water partition coefficient (Wildman–Crippen LogP) is 3.30. The van der Waals surface area contributed by atoms with E-state index >= 15 is 0 Å². The zero-order valence-corrected chi connectivity index (χ0v) is 17.1. The number of rotatable bonds is 7. The first-order valence-corrected chi connectivity index (χ1v) is 9.24. The molecule has 0 bridgehead atoms. The molecule has 0 aliphatic heterocycles. The fourth-order valence-corrected chi connectivity index (χ4v) is 3.07. The van der Waals surface area contributed by atoms with Crippen molar-refractivity contribution in [3.8, 4) is 17.4 Å². The van der Waals surface area contributed by atoms with Gasteiger partial charge in [-0.15, -0.1) is 0 Å². The van der Waals surface area contributed by atoms with Crippen molar-refractivity contribution >= 4 is 33.8 Å². The maximum atomic E-state index is 11.7. The van der Waals surface area contributed by atoms with Crippen LogP contribution in [0.1, 0.15) is 17.1 Å². The summed E-state index contributed by atoms with van der Waals surface area (Å²) in [5.74, 6) is -0.0677. The number of aromatic hydroxyl groups is 1. The van der Waals surface area contributed by atoms with Gasteiger partial charge in [-0.05, 0) is 51.8 Å². The number of methoxy groups -OCH3 is 1. The van der Waals surface area contributed by atoms with Crippen molar-refractivity contribution in [1.82, 2.24) is 15.0 Å². The van der Waals surface area contributed by atoms with Crippen molar-refractivity contribution in [2.24, 2.45) is 0 Å². The van der Waals surface area contributed by atoms with Crippen molar-refractivity contribution in [2.75, 3.05) is 7.11 Å². The summed E-state index contributed by atoms with van der Waals surface area (Å²) in [6.45, 7) is 0.248. The zero-order valence-electron chi connectivity index (χ0n) is 15.5. The smallest absolute Gasteiger partial charge is 0.395 e. The van der Waals surface area contributed by atoms with E-state index in [1.807, 2.05) is 18.2 Å². The van der Waals surface area contributed by atoms with Gasteiger partial charge in [0, 0.05) is 6.20 Å². The molecule has 0 saturated heterocycles. The van der Waals surface area contributed by atoms with Gasteiger partial charge in [-0.25, -0.2) is 0 Å². The van der Waals surface area contributed by atoms with E-state index in [1.54, 1.807) is 24.4 Å². The van der Waals surface area contributed by atoms with Gasteiger partial charge in [0.1, 0.15) is 12.4 Å². The maximum Gasteiger partial charge on any atom is 0.395 e. The molecule has 154 valence electrons. The monoisotopic (exact) mass is 474 g/mol. The van der Waals surface area contributed by atoms with E-state index in [-0.39, 0.29) is 12.4 Å². The number of nitro groups is 1. The van der Waals surface area contributed by atoms with Gasteiger partial charge in [0.05, 0.1) is 22.2 Å². The molecule has 2 aromatic heterocycles. The Morgan fingerprint density at radius 1 is 1.33 bits per heavy atom. The molecular weight excluding hydrogens is 460 g/mol. The van der Waals surface area contributed by atoms with Crippen LogP contribution in [0.2, 0.25) is 0 Å². The summed E-state index contributed by atoms with van der Waals surface area (Å²) >= 11 is 3.44. The highest BCUT2D eigenvalue weighted by atomic mass is 79.9. The Hall–Kier alpha value is -3.73. The van der Waals surface area contributed by atoms with Crippen LogP contribution >= 0.6 is 15.9 Å². The van der Waals surface area contributed by atoms with Crippen LogP contribution < -0.4 is 15.0 Å². The van der Waals surface area contributed by atoms with Gasteiger partial charge in [0.25, 0.3) is 5.88 Å². The Balaban J connectivity index is 1.84. The molecule has 0 spiro atoms. The molecule has 0 unspecified atom stereocenters. The number of aromatic amines is 1. The predicted molar refractivity (Wildman–Crippen MR) is 111 cm³/mol. The summed E-state index contributed by atoms with van der Waals surface area (Å²) in [6.07, 6.45) is 4.65. The van der Waals surface area contributed by atoms with Crippen LogP contribution in [0.15, 0.2) is 45.8 Å². The molecule has 0 saturated carbocycles. The lowest BCUT2D eigenvalue weighted by atomic mass is 10.2. The van der Waals surface area contributed by atoms with Gasteiger partial charge in [-0.2, -0.15) is 4.98 Å². The van der Waals surface area contributed by atoms with Crippen molar-refractivity contribution < 1.29 is 19.5 Å². The second-order valence-corrected chi connectivity index (χ2v) is 6.71. The molecule has 0 amide bonds. The van der Waals surface area contributed by atoms with Crippen molar-refractivity contribution in [2.45, 2.75) is 6.61 Å². The summed E-state index contributed by atoms with van der Waals surface area (Å²) in [6, 6.07) is 8.95. The molecular formula is C19H15BrN4O6. The van der Waals surface area contributed by atoms with Gasteiger partial charge in [0.15, 0.2) is 11.5 Å². The Kier molecular flexibility index (Phi) is 6.42. The van der Waals surface area contributed by atoms with Crippen LogP contribution in [0.3, 0.4) is 0 Å². The summed E-state index contributed by atoms with van der Waals surface area (Å²) in [5.41, 5.74) is -0.650. The fourth-order valence-electron chi connectivity index (χ4n) is 2.50. The standard InChI is InChI=1S/C19H15BrN4O6/c1-29-14-9-11(5-6-15-22-18(25)16(24(27)28)19(26)23-15)8-13(20)17(14)30-10-12-4-2-3-7-21-12/h2-9H,10H2,1H3,(H2,22,23,25,26)/b6-5-. The van der Waals surface area contributed by atoms with E-state index in [9.17, 15) is 20.0 Å². The first-order chi connectivity index (χ1) is 14.4. The van der Waals surface area contributed by atoms with Crippen LogP contribution in [-0.2, 0) is 6.61 Å². The van der Waals surface area contributed by atoms with Gasteiger partial charge in [-0.3, -0.25) is 19.9 Å². The molecule has 0 atom stereocenters. The summed E-state index contributed by atoms with van der Waals surface area (Å²) in [7, 11) is 1.50. The largest absolute Gasteiger partial charge is 0.493 e. The van der Waals surface area contributed by atoms with E-state index in [1.165, 1.54) is 13.2 Å². The van der Waals surface area contributed by atoms with Gasteiger partial charge in [0.2, 0.25) is 0 Å². The number of nitrogens with zero attached hydrogens (tertiary/aromatic N) is 3. The van der Waals surface area contributed by atoms with Crippen LogP contribution in [-0.4, -0.2) is 32.1 Å². The topological polar surface area (TPSA) is 140 Å². The number of hydrogen-bond acceptors (Lipinski definition) is 8. The Morgan fingerprint density at radius 3 is 2.77 bits per heavy atom. The van der Waals surface area contributed by atoms with Crippen molar-refractivity contribution in [1.29, 1.82) is 0 Å². The van der Waals surface area contributed by atoms with E-state index in [0.717, 1.165) is 5.69 Å².